The van der Waals surface area contributed by atoms with Crippen molar-refractivity contribution in [1.29, 1.82) is 0 Å². The molecule has 1 unspecified atom stereocenters. The molecule has 2 aromatic carbocycles. The predicted molar refractivity (Wildman–Crippen MR) is 86.8 cm³/mol. The molecule has 0 aliphatic heterocycles. The van der Waals surface area contributed by atoms with Crippen LogP contribution in [0.5, 0.6) is 0 Å². The fraction of sp³-hybridized carbons (Fsp3) is 0.294. The highest BCUT2D eigenvalue weighted by atomic mass is 35.5. The van der Waals surface area contributed by atoms with E-state index in [2.05, 4.69) is 12.1 Å². The zero-order chi connectivity index (χ0) is 15.0. The molecule has 0 aromatic heterocycles. The molecule has 0 amide bonds. The topological polar surface area (TPSA) is 46.2 Å². The van der Waals surface area contributed by atoms with Crippen molar-refractivity contribution in [3.05, 3.63) is 69.2 Å². The Bertz CT molecular complexity index is 626. The number of nitrogens with two attached hydrogens (primary N) is 1. The Balaban J connectivity index is 1.97. The molecule has 1 aliphatic rings. The highest BCUT2D eigenvalue weighted by Crippen LogP contribution is 2.45. The quantitative estimate of drug-likeness (QED) is 0.903. The van der Waals surface area contributed by atoms with Crippen LogP contribution in [0.15, 0.2) is 42.5 Å². The SMILES string of the molecule is NCC1(C(O)c2cc(Cl)cc(Cl)c2)Cc2ccccc2C1. The number of halogens is 2. The zero-order valence-electron chi connectivity index (χ0n) is 11.5. The fourth-order valence-electron chi connectivity index (χ4n) is 3.26. The van der Waals surface area contributed by atoms with Gasteiger partial charge in [0.2, 0.25) is 0 Å². The zero-order valence-corrected chi connectivity index (χ0v) is 13.0. The van der Waals surface area contributed by atoms with Crippen molar-refractivity contribution in [1.82, 2.24) is 0 Å². The normalized spacial score (nSPS) is 17.5. The van der Waals surface area contributed by atoms with E-state index < -0.39 is 11.5 Å². The number of aliphatic hydroxyl groups is 1. The van der Waals surface area contributed by atoms with Crippen LogP contribution in [0.3, 0.4) is 0 Å². The van der Waals surface area contributed by atoms with Gasteiger partial charge in [-0.2, -0.15) is 0 Å². The Hall–Kier alpha value is -1.06. The number of aliphatic hydroxyl groups excluding tert-OH is 1. The molecular formula is C17H17Cl2NO. The van der Waals surface area contributed by atoms with Crippen molar-refractivity contribution in [2.24, 2.45) is 11.1 Å². The Morgan fingerprint density at radius 2 is 1.57 bits per heavy atom. The summed E-state index contributed by atoms with van der Waals surface area (Å²) >= 11 is 12.1. The van der Waals surface area contributed by atoms with Crippen LogP contribution in [-0.2, 0) is 12.8 Å². The van der Waals surface area contributed by atoms with Gasteiger partial charge >= 0.3 is 0 Å². The van der Waals surface area contributed by atoms with Crippen LogP contribution in [0, 0.1) is 5.41 Å². The van der Waals surface area contributed by atoms with Crippen molar-refractivity contribution in [2.45, 2.75) is 18.9 Å². The second-order valence-electron chi connectivity index (χ2n) is 5.79. The summed E-state index contributed by atoms with van der Waals surface area (Å²) in [6, 6.07) is 13.4. The minimum absolute atomic E-state index is 0.391. The van der Waals surface area contributed by atoms with E-state index in [0.29, 0.717) is 16.6 Å². The molecule has 2 aromatic rings. The van der Waals surface area contributed by atoms with Crippen molar-refractivity contribution in [3.63, 3.8) is 0 Å². The average molecular weight is 322 g/mol. The molecular weight excluding hydrogens is 305 g/mol. The van der Waals surface area contributed by atoms with Gasteiger partial charge in [0.05, 0.1) is 6.10 Å². The summed E-state index contributed by atoms with van der Waals surface area (Å²) in [5, 5.41) is 11.9. The van der Waals surface area contributed by atoms with Crippen LogP contribution in [0.25, 0.3) is 0 Å². The van der Waals surface area contributed by atoms with Gasteiger partial charge in [0.15, 0.2) is 0 Å². The molecule has 0 bridgehead atoms. The van der Waals surface area contributed by atoms with E-state index in [1.165, 1.54) is 11.1 Å². The number of benzene rings is 2. The maximum absolute atomic E-state index is 10.9. The third-order valence-electron chi connectivity index (χ3n) is 4.39. The summed E-state index contributed by atoms with van der Waals surface area (Å²) < 4.78 is 0. The minimum Gasteiger partial charge on any atom is -0.388 e. The number of fused-ring (bicyclic) bond motifs is 1. The van der Waals surface area contributed by atoms with Crippen molar-refractivity contribution < 1.29 is 5.11 Å². The molecule has 0 saturated heterocycles. The van der Waals surface area contributed by atoms with Gasteiger partial charge in [0, 0.05) is 22.0 Å². The van der Waals surface area contributed by atoms with E-state index in [4.69, 9.17) is 28.9 Å². The maximum atomic E-state index is 10.9. The molecule has 110 valence electrons. The summed E-state index contributed by atoms with van der Waals surface area (Å²) in [6.07, 6.45) is 0.849. The molecule has 0 fully saturated rings. The number of hydrogen-bond acceptors (Lipinski definition) is 2. The summed E-state index contributed by atoms with van der Waals surface area (Å²) in [5.41, 5.74) is 8.89. The standard InChI is InChI=1S/C17H17Cl2NO/c18-14-5-13(6-15(19)7-14)16(21)17(10-20)8-11-3-1-2-4-12(11)9-17/h1-7,16,21H,8-10,20H2. The fourth-order valence-corrected chi connectivity index (χ4v) is 3.80. The summed E-state index contributed by atoms with van der Waals surface area (Å²) in [5.74, 6) is 0. The van der Waals surface area contributed by atoms with Crippen molar-refractivity contribution in [2.75, 3.05) is 6.54 Å². The molecule has 4 heteroatoms. The van der Waals surface area contributed by atoms with E-state index in [1.807, 2.05) is 12.1 Å². The molecule has 1 aliphatic carbocycles. The maximum Gasteiger partial charge on any atom is 0.0865 e. The average Bonchev–Trinajstić information content (AvgIpc) is 2.85. The Morgan fingerprint density at radius 3 is 2.05 bits per heavy atom. The lowest BCUT2D eigenvalue weighted by molar-refractivity contribution is 0.0358. The predicted octanol–water partition coefficient (Wildman–Crippen LogP) is 3.77. The summed E-state index contributed by atoms with van der Waals surface area (Å²) in [6.45, 7) is 0.410. The van der Waals surface area contributed by atoms with Crippen LogP contribution in [0.2, 0.25) is 10.0 Å². The molecule has 0 spiro atoms. The Labute approximate surface area is 134 Å². The number of rotatable bonds is 3. The Morgan fingerprint density at radius 1 is 1.05 bits per heavy atom. The van der Waals surface area contributed by atoms with Crippen LogP contribution < -0.4 is 5.73 Å². The molecule has 0 saturated carbocycles. The van der Waals surface area contributed by atoms with Crippen LogP contribution >= 0.6 is 23.2 Å². The lowest BCUT2D eigenvalue weighted by Gasteiger charge is -2.33. The van der Waals surface area contributed by atoms with Gasteiger partial charge in [-0.05, 0) is 47.7 Å². The summed E-state index contributed by atoms with van der Waals surface area (Å²) in [7, 11) is 0. The third kappa shape index (κ3) is 2.69. The molecule has 0 heterocycles. The van der Waals surface area contributed by atoms with Crippen molar-refractivity contribution in [3.8, 4) is 0 Å². The number of hydrogen-bond donors (Lipinski definition) is 2. The van der Waals surface area contributed by atoms with Gasteiger partial charge in [-0.25, -0.2) is 0 Å². The van der Waals surface area contributed by atoms with Crippen LogP contribution in [0.1, 0.15) is 22.8 Å². The first-order valence-electron chi connectivity index (χ1n) is 6.95. The highest BCUT2D eigenvalue weighted by Gasteiger charge is 2.42. The molecule has 2 nitrogen and oxygen atoms in total. The van der Waals surface area contributed by atoms with E-state index in [1.54, 1.807) is 18.2 Å². The molecule has 3 rings (SSSR count). The largest absolute Gasteiger partial charge is 0.388 e. The van der Waals surface area contributed by atoms with Gasteiger partial charge in [-0.1, -0.05) is 47.5 Å². The van der Waals surface area contributed by atoms with E-state index in [-0.39, 0.29) is 0 Å². The highest BCUT2D eigenvalue weighted by molar-refractivity contribution is 6.34. The first kappa shape index (κ1) is 14.9. The third-order valence-corrected chi connectivity index (χ3v) is 4.83. The molecule has 1 atom stereocenters. The van der Waals surface area contributed by atoms with E-state index in [0.717, 1.165) is 18.4 Å². The smallest absolute Gasteiger partial charge is 0.0865 e. The summed E-state index contributed by atoms with van der Waals surface area (Å²) in [4.78, 5) is 0. The van der Waals surface area contributed by atoms with Gasteiger partial charge in [-0.15, -0.1) is 0 Å². The van der Waals surface area contributed by atoms with Gasteiger partial charge in [0.25, 0.3) is 0 Å². The van der Waals surface area contributed by atoms with E-state index >= 15 is 0 Å². The molecule has 0 radical (unpaired) electrons. The van der Waals surface area contributed by atoms with Gasteiger partial charge < -0.3 is 10.8 Å². The molecule has 21 heavy (non-hydrogen) atoms. The minimum atomic E-state index is -0.689. The van der Waals surface area contributed by atoms with Gasteiger partial charge in [-0.3, -0.25) is 0 Å². The van der Waals surface area contributed by atoms with Crippen LogP contribution in [-0.4, -0.2) is 11.7 Å². The molecule has 3 N–H and O–H groups in total. The van der Waals surface area contributed by atoms with Crippen LogP contribution in [0.4, 0.5) is 0 Å². The first-order valence-corrected chi connectivity index (χ1v) is 7.70. The first-order chi connectivity index (χ1) is 10.0. The second kappa shape index (κ2) is 5.62. The monoisotopic (exact) mass is 321 g/mol. The lowest BCUT2D eigenvalue weighted by atomic mass is 9.76. The Kier molecular flexibility index (Phi) is 3.98. The lowest BCUT2D eigenvalue weighted by Crippen LogP contribution is -2.37. The van der Waals surface area contributed by atoms with Crippen molar-refractivity contribution >= 4 is 23.2 Å². The van der Waals surface area contributed by atoms with E-state index in [9.17, 15) is 5.11 Å². The van der Waals surface area contributed by atoms with Gasteiger partial charge in [0.1, 0.15) is 0 Å². The second-order valence-corrected chi connectivity index (χ2v) is 6.67.